The Bertz CT molecular complexity index is 1240. The number of rotatable bonds is 11. The Morgan fingerprint density at radius 1 is 1.10 bits per heavy atom. The molecular formula is C32H43N3O6. The first-order chi connectivity index (χ1) is 19.7. The zero-order valence-electron chi connectivity index (χ0n) is 24.8. The van der Waals surface area contributed by atoms with E-state index < -0.39 is 23.6 Å². The number of nitrogens with zero attached hydrogens (tertiary/aromatic N) is 2. The van der Waals surface area contributed by atoms with Crippen LogP contribution in [0.3, 0.4) is 0 Å². The Labute approximate surface area is 242 Å². The van der Waals surface area contributed by atoms with Gasteiger partial charge in [-0.1, -0.05) is 57.0 Å². The average molecular weight is 566 g/mol. The molecule has 2 N–H and O–H groups in total. The maximum Gasteiger partial charge on any atom is 0.336 e. The zero-order chi connectivity index (χ0) is 29.7. The number of amides is 3. The molecule has 2 heterocycles. The largest absolute Gasteiger partial charge is 0.478 e. The van der Waals surface area contributed by atoms with Gasteiger partial charge < -0.3 is 19.9 Å². The fourth-order valence-electron chi connectivity index (χ4n) is 5.97. The second-order valence-electron chi connectivity index (χ2n) is 11.1. The van der Waals surface area contributed by atoms with Crippen molar-refractivity contribution in [2.75, 3.05) is 26.3 Å². The number of morpholine rings is 1. The molecule has 2 saturated heterocycles. The number of carboxylic acid groups (broad SMARTS) is 1. The Hall–Kier alpha value is -3.43. The molecule has 2 aromatic rings. The van der Waals surface area contributed by atoms with Gasteiger partial charge in [0.15, 0.2) is 6.23 Å². The number of imide groups is 1. The van der Waals surface area contributed by atoms with Crippen molar-refractivity contribution in [1.29, 1.82) is 0 Å². The number of carbonyl (C=O) groups is 3. The number of hydrogen-bond acceptors (Lipinski definition) is 6. The van der Waals surface area contributed by atoms with E-state index in [9.17, 15) is 19.5 Å². The molecule has 0 spiro atoms. The van der Waals surface area contributed by atoms with E-state index in [-0.39, 0.29) is 23.6 Å². The summed E-state index contributed by atoms with van der Waals surface area (Å²) in [4.78, 5) is 42.6. The number of nitrogens with one attached hydrogen (secondary N) is 1. The molecule has 0 bridgehead atoms. The van der Waals surface area contributed by atoms with E-state index in [0.29, 0.717) is 50.5 Å². The van der Waals surface area contributed by atoms with Crippen LogP contribution in [0.4, 0.5) is 4.79 Å². The topological polar surface area (TPSA) is 108 Å². The zero-order valence-corrected chi connectivity index (χ0v) is 24.8. The minimum atomic E-state index is -1.01. The summed E-state index contributed by atoms with van der Waals surface area (Å²) < 4.78 is 11.9. The number of carboxylic acids is 1. The average Bonchev–Trinajstić information content (AvgIpc) is 2.98. The third kappa shape index (κ3) is 6.11. The second kappa shape index (κ2) is 13.0. The molecule has 4 rings (SSSR count). The number of aromatic carboxylic acids is 1. The highest BCUT2D eigenvalue weighted by atomic mass is 16.5. The first-order valence-corrected chi connectivity index (χ1v) is 14.7. The third-order valence-corrected chi connectivity index (χ3v) is 8.73. The molecule has 41 heavy (non-hydrogen) atoms. The number of likely N-dealkylation sites (tertiary alicyclic amines) is 1. The molecule has 9 nitrogen and oxygen atoms in total. The van der Waals surface area contributed by atoms with Crippen LogP contribution in [0, 0.1) is 12.3 Å². The molecule has 0 aliphatic carbocycles. The van der Waals surface area contributed by atoms with E-state index in [2.05, 4.69) is 17.1 Å². The Morgan fingerprint density at radius 2 is 1.76 bits per heavy atom. The van der Waals surface area contributed by atoms with Crippen LogP contribution in [0.5, 0.6) is 5.75 Å². The Kier molecular flexibility index (Phi) is 9.71. The Balaban J connectivity index is 1.62. The number of aryl methyl sites for hydroxylation is 1. The van der Waals surface area contributed by atoms with Gasteiger partial charge in [0, 0.05) is 19.1 Å². The standard InChI is InChI=1S/C32H43N3O6/c1-6-9-27(23-12-10-21(4)11-13-23)33-31(39)35-29(38)32(7-2,8-3)30(35)41-24-14-15-25(28(36)37)26(20-24)22(5)34-16-18-40-19-17-34/h10-15,20,22,27,30H,6-9,16-19H2,1-5H3,(H,33,39)(H,36,37). The van der Waals surface area contributed by atoms with Gasteiger partial charge in [0.2, 0.25) is 5.91 Å². The fourth-order valence-corrected chi connectivity index (χ4v) is 5.97. The van der Waals surface area contributed by atoms with Crippen molar-refractivity contribution >= 4 is 17.9 Å². The monoisotopic (exact) mass is 565 g/mol. The predicted octanol–water partition coefficient (Wildman–Crippen LogP) is 5.69. The molecule has 0 aromatic heterocycles. The lowest BCUT2D eigenvalue weighted by Crippen LogP contribution is -2.73. The molecule has 2 aromatic carbocycles. The summed E-state index contributed by atoms with van der Waals surface area (Å²) in [5.74, 6) is -0.843. The maximum atomic E-state index is 13.6. The summed E-state index contributed by atoms with van der Waals surface area (Å²) in [6.45, 7) is 12.5. The van der Waals surface area contributed by atoms with E-state index >= 15 is 0 Å². The van der Waals surface area contributed by atoms with Gasteiger partial charge in [0.1, 0.15) is 11.2 Å². The van der Waals surface area contributed by atoms with Crippen molar-refractivity contribution in [2.45, 2.75) is 78.6 Å². The molecule has 0 saturated carbocycles. The number of benzene rings is 2. The lowest BCUT2D eigenvalue weighted by molar-refractivity contribution is -0.191. The lowest BCUT2D eigenvalue weighted by Gasteiger charge is -2.53. The van der Waals surface area contributed by atoms with E-state index in [0.717, 1.165) is 24.0 Å². The quantitative estimate of drug-likeness (QED) is 0.337. The minimum Gasteiger partial charge on any atom is -0.478 e. The summed E-state index contributed by atoms with van der Waals surface area (Å²) in [5, 5.41) is 13.0. The number of urea groups is 1. The molecule has 2 fully saturated rings. The third-order valence-electron chi connectivity index (χ3n) is 8.73. The van der Waals surface area contributed by atoms with Crippen molar-refractivity contribution in [2.24, 2.45) is 5.41 Å². The van der Waals surface area contributed by atoms with Crippen molar-refractivity contribution in [3.8, 4) is 5.75 Å². The molecule has 9 heteroatoms. The minimum absolute atomic E-state index is 0.178. The molecule has 3 amide bonds. The number of carbonyl (C=O) groups excluding carboxylic acids is 2. The second-order valence-corrected chi connectivity index (χ2v) is 11.1. The highest BCUT2D eigenvalue weighted by molar-refractivity contribution is 6.03. The maximum absolute atomic E-state index is 13.6. The van der Waals surface area contributed by atoms with E-state index in [1.807, 2.05) is 52.0 Å². The Morgan fingerprint density at radius 3 is 2.34 bits per heavy atom. The molecule has 2 aliphatic heterocycles. The number of β-lactam (4-membered cyclic amide) rings is 1. The van der Waals surface area contributed by atoms with Gasteiger partial charge in [-0.05, 0) is 62.4 Å². The molecule has 2 aliphatic rings. The number of hydrogen-bond donors (Lipinski definition) is 2. The van der Waals surface area contributed by atoms with Crippen LogP contribution in [0.1, 0.15) is 92.5 Å². The molecule has 3 unspecified atom stereocenters. The van der Waals surface area contributed by atoms with Crippen molar-refractivity contribution < 1.29 is 29.0 Å². The highest BCUT2D eigenvalue weighted by Crippen LogP contribution is 2.46. The van der Waals surface area contributed by atoms with Gasteiger partial charge in [-0.3, -0.25) is 9.69 Å². The van der Waals surface area contributed by atoms with Crippen LogP contribution in [-0.2, 0) is 9.53 Å². The van der Waals surface area contributed by atoms with Crippen LogP contribution in [0.25, 0.3) is 0 Å². The first-order valence-electron chi connectivity index (χ1n) is 14.7. The van der Waals surface area contributed by atoms with E-state index in [4.69, 9.17) is 9.47 Å². The van der Waals surface area contributed by atoms with Gasteiger partial charge >= 0.3 is 12.0 Å². The van der Waals surface area contributed by atoms with Crippen molar-refractivity contribution in [3.05, 3.63) is 64.7 Å². The molecule has 222 valence electrons. The summed E-state index contributed by atoms with van der Waals surface area (Å²) in [6, 6.07) is 12.0. The van der Waals surface area contributed by atoms with Gasteiger partial charge in [-0.25, -0.2) is 14.5 Å². The van der Waals surface area contributed by atoms with Crippen molar-refractivity contribution in [3.63, 3.8) is 0 Å². The normalized spacial score (nSPS) is 20.2. The highest BCUT2D eigenvalue weighted by Gasteiger charge is 2.63. The van der Waals surface area contributed by atoms with E-state index in [1.54, 1.807) is 18.2 Å². The van der Waals surface area contributed by atoms with Crippen LogP contribution in [0.2, 0.25) is 0 Å². The van der Waals surface area contributed by atoms with Gasteiger partial charge in [-0.15, -0.1) is 0 Å². The fraction of sp³-hybridized carbons (Fsp3) is 0.531. The van der Waals surface area contributed by atoms with Crippen LogP contribution in [-0.4, -0.2) is 65.3 Å². The molecule has 3 atom stereocenters. The summed E-state index contributed by atoms with van der Waals surface area (Å²) in [7, 11) is 0. The SMILES string of the molecule is CCCC(NC(=O)N1C(=O)C(CC)(CC)C1Oc1ccc(C(=O)O)c(C(C)N2CCOCC2)c1)c1ccc(C)cc1. The number of ether oxygens (including phenoxy) is 2. The van der Waals surface area contributed by atoms with Crippen LogP contribution >= 0.6 is 0 Å². The van der Waals surface area contributed by atoms with Gasteiger partial charge in [0.05, 0.1) is 24.8 Å². The summed E-state index contributed by atoms with van der Waals surface area (Å²) >= 11 is 0. The summed E-state index contributed by atoms with van der Waals surface area (Å²) in [6.07, 6.45) is 1.80. The van der Waals surface area contributed by atoms with E-state index in [1.165, 1.54) is 4.90 Å². The van der Waals surface area contributed by atoms with Crippen molar-refractivity contribution in [1.82, 2.24) is 15.1 Å². The molecular weight excluding hydrogens is 522 g/mol. The van der Waals surface area contributed by atoms with Gasteiger partial charge in [0.25, 0.3) is 0 Å². The summed E-state index contributed by atoms with van der Waals surface area (Å²) in [5.41, 5.74) is 2.10. The molecule has 0 radical (unpaired) electrons. The predicted molar refractivity (Wildman–Crippen MR) is 156 cm³/mol. The van der Waals surface area contributed by atoms with Gasteiger partial charge in [-0.2, -0.15) is 0 Å². The van der Waals surface area contributed by atoms with Crippen LogP contribution in [0.15, 0.2) is 42.5 Å². The lowest BCUT2D eigenvalue weighted by atomic mass is 9.72. The smallest absolute Gasteiger partial charge is 0.336 e. The van der Waals surface area contributed by atoms with Crippen LogP contribution < -0.4 is 10.1 Å². The first kappa shape index (κ1) is 30.5.